The maximum atomic E-state index is 14.6. The molecule has 1 aliphatic heterocycles. The topological polar surface area (TPSA) is 160 Å². The van der Waals surface area contributed by atoms with Gasteiger partial charge in [-0.1, -0.05) is 0 Å². The van der Waals surface area contributed by atoms with Crippen molar-refractivity contribution in [3.05, 3.63) is 51.1 Å². The van der Waals surface area contributed by atoms with E-state index in [-0.39, 0.29) is 36.0 Å². The number of nitrogens with zero attached hydrogens (tertiary/aromatic N) is 2. The van der Waals surface area contributed by atoms with Gasteiger partial charge in [0.15, 0.2) is 0 Å². The van der Waals surface area contributed by atoms with E-state index < -0.39 is 40.2 Å². The summed E-state index contributed by atoms with van der Waals surface area (Å²) in [5, 5.41) is 11.1. The van der Waals surface area contributed by atoms with Crippen molar-refractivity contribution >= 4 is 23.5 Å². The van der Waals surface area contributed by atoms with E-state index in [1.807, 2.05) is 0 Å². The predicted molar refractivity (Wildman–Crippen MR) is 95.4 cm³/mol. The number of rotatable bonds is 6. The lowest BCUT2D eigenvalue weighted by Gasteiger charge is -2.30. The molecule has 150 valence electrons. The van der Waals surface area contributed by atoms with Crippen LogP contribution in [0.5, 0.6) is 0 Å². The van der Waals surface area contributed by atoms with Gasteiger partial charge in [-0.2, -0.15) is 0 Å². The average molecular weight is 394 g/mol. The van der Waals surface area contributed by atoms with Gasteiger partial charge in [-0.05, 0) is 19.9 Å². The van der Waals surface area contributed by atoms with Crippen LogP contribution in [0.4, 0.5) is 10.1 Å². The van der Waals surface area contributed by atoms with Crippen LogP contribution in [0.3, 0.4) is 0 Å². The standard InChI is InChI=1S/C17H19FN4O6/c1-3-27-16(23)12-11(9-7-8(22(25)26)5-6-10(9)18)13(17(24)28-4-2)15(20)21-14(12)19/h5-7,11-12H,3-4,20H2,1-2H3,(H2,19,21). The lowest BCUT2D eigenvalue weighted by atomic mass is 9.77. The maximum absolute atomic E-state index is 14.6. The number of nitro groups is 1. The Labute approximate surface area is 159 Å². The summed E-state index contributed by atoms with van der Waals surface area (Å²) in [6.45, 7) is 3.05. The van der Waals surface area contributed by atoms with Crippen LogP contribution >= 0.6 is 0 Å². The largest absolute Gasteiger partial charge is 0.465 e. The summed E-state index contributed by atoms with van der Waals surface area (Å²) >= 11 is 0. The first-order chi connectivity index (χ1) is 13.2. The zero-order chi connectivity index (χ0) is 21.0. The first kappa shape index (κ1) is 20.8. The molecule has 0 spiro atoms. The number of non-ortho nitro benzene ring substituents is 1. The molecule has 1 heterocycles. The van der Waals surface area contributed by atoms with Crippen molar-refractivity contribution in [3.63, 3.8) is 0 Å². The molecule has 2 unspecified atom stereocenters. The van der Waals surface area contributed by atoms with Gasteiger partial charge in [0, 0.05) is 23.6 Å². The highest BCUT2D eigenvalue weighted by molar-refractivity contribution is 6.06. The van der Waals surface area contributed by atoms with Crippen LogP contribution in [-0.4, -0.2) is 35.9 Å². The van der Waals surface area contributed by atoms with Crippen LogP contribution in [0.15, 0.2) is 34.6 Å². The zero-order valence-electron chi connectivity index (χ0n) is 15.2. The maximum Gasteiger partial charge on any atom is 0.338 e. The molecule has 0 aromatic heterocycles. The number of nitrogens with two attached hydrogens (primary N) is 2. The third kappa shape index (κ3) is 3.92. The van der Waals surface area contributed by atoms with E-state index in [2.05, 4.69) is 4.99 Å². The molecule has 0 amide bonds. The number of carbonyl (C=O) groups excluding carboxylic acids is 2. The van der Waals surface area contributed by atoms with E-state index in [1.54, 1.807) is 13.8 Å². The third-order valence-electron chi connectivity index (χ3n) is 4.05. The molecule has 10 nitrogen and oxygen atoms in total. The summed E-state index contributed by atoms with van der Waals surface area (Å²) < 4.78 is 24.6. The molecule has 0 aliphatic carbocycles. The second-order valence-corrected chi connectivity index (χ2v) is 5.73. The van der Waals surface area contributed by atoms with E-state index in [4.69, 9.17) is 20.9 Å². The van der Waals surface area contributed by atoms with Crippen LogP contribution in [0.2, 0.25) is 0 Å². The molecular weight excluding hydrogens is 375 g/mol. The van der Waals surface area contributed by atoms with Crippen molar-refractivity contribution in [2.45, 2.75) is 19.8 Å². The number of hydrogen-bond acceptors (Lipinski definition) is 9. The first-order valence-electron chi connectivity index (χ1n) is 8.34. The molecule has 0 bridgehead atoms. The second-order valence-electron chi connectivity index (χ2n) is 5.73. The summed E-state index contributed by atoms with van der Waals surface area (Å²) in [7, 11) is 0. The second kappa shape index (κ2) is 8.46. The zero-order valence-corrected chi connectivity index (χ0v) is 15.2. The van der Waals surface area contributed by atoms with Gasteiger partial charge in [-0.15, -0.1) is 0 Å². The van der Waals surface area contributed by atoms with Crippen molar-refractivity contribution in [3.8, 4) is 0 Å². The number of benzene rings is 1. The highest BCUT2D eigenvalue weighted by Crippen LogP contribution is 2.40. The van der Waals surface area contributed by atoms with Gasteiger partial charge in [-0.25, -0.2) is 14.2 Å². The Hall–Kier alpha value is -3.50. The van der Waals surface area contributed by atoms with Crippen LogP contribution in [0, 0.1) is 21.8 Å². The SMILES string of the molecule is CCOC(=O)C1=C(N)N=C(N)C(C(=O)OCC)C1c1cc([N+](=O)[O-])ccc1F. The number of amidine groups is 1. The van der Waals surface area contributed by atoms with Gasteiger partial charge in [0.25, 0.3) is 5.69 Å². The fourth-order valence-electron chi connectivity index (χ4n) is 2.91. The Kier molecular flexibility index (Phi) is 6.29. The molecule has 11 heteroatoms. The molecule has 2 rings (SSSR count). The van der Waals surface area contributed by atoms with Gasteiger partial charge in [-0.3, -0.25) is 14.9 Å². The fraction of sp³-hybridized carbons (Fsp3) is 0.353. The number of carbonyl (C=O) groups is 2. The Bertz CT molecular complexity index is 882. The number of nitro benzene ring substituents is 1. The van der Waals surface area contributed by atoms with Gasteiger partial charge < -0.3 is 20.9 Å². The monoisotopic (exact) mass is 394 g/mol. The number of esters is 2. The Morgan fingerprint density at radius 2 is 1.89 bits per heavy atom. The quantitative estimate of drug-likeness (QED) is 0.412. The molecule has 2 atom stereocenters. The van der Waals surface area contributed by atoms with E-state index >= 15 is 0 Å². The number of ether oxygens (including phenoxy) is 2. The van der Waals surface area contributed by atoms with Crippen LogP contribution < -0.4 is 11.5 Å². The van der Waals surface area contributed by atoms with Gasteiger partial charge in [0.2, 0.25) is 0 Å². The number of hydrogen-bond donors (Lipinski definition) is 2. The molecule has 1 aliphatic rings. The highest BCUT2D eigenvalue weighted by atomic mass is 19.1. The van der Waals surface area contributed by atoms with Crippen molar-refractivity contribution in [2.24, 2.45) is 22.4 Å². The number of aliphatic imine (C=N–C) groups is 1. The molecule has 0 saturated heterocycles. The minimum Gasteiger partial charge on any atom is -0.465 e. The lowest BCUT2D eigenvalue weighted by molar-refractivity contribution is -0.385. The predicted octanol–water partition coefficient (Wildman–Crippen LogP) is 1.10. The summed E-state index contributed by atoms with van der Waals surface area (Å²) in [4.78, 5) is 39.2. The molecule has 1 aromatic rings. The van der Waals surface area contributed by atoms with Gasteiger partial charge >= 0.3 is 11.9 Å². The third-order valence-corrected chi connectivity index (χ3v) is 4.05. The molecule has 0 fully saturated rings. The van der Waals surface area contributed by atoms with Crippen molar-refractivity contribution < 1.29 is 28.4 Å². The Morgan fingerprint density at radius 1 is 1.25 bits per heavy atom. The lowest BCUT2D eigenvalue weighted by Crippen LogP contribution is -2.42. The smallest absolute Gasteiger partial charge is 0.338 e. The molecule has 0 radical (unpaired) electrons. The van der Waals surface area contributed by atoms with Crippen LogP contribution in [-0.2, 0) is 19.1 Å². The summed E-state index contributed by atoms with van der Waals surface area (Å²) in [6.07, 6.45) is 0. The van der Waals surface area contributed by atoms with Crippen LogP contribution in [0.1, 0.15) is 25.3 Å². The number of halogens is 1. The Morgan fingerprint density at radius 3 is 2.46 bits per heavy atom. The molecule has 1 aromatic carbocycles. The molecule has 4 N–H and O–H groups in total. The van der Waals surface area contributed by atoms with Crippen molar-refractivity contribution in [1.29, 1.82) is 0 Å². The van der Waals surface area contributed by atoms with Gasteiger partial charge in [0.05, 0.1) is 23.7 Å². The van der Waals surface area contributed by atoms with Crippen molar-refractivity contribution in [2.75, 3.05) is 13.2 Å². The van der Waals surface area contributed by atoms with E-state index in [1.165, 1.54) is 0 Å². The van der Waals surface area contributed by atoms with E-state index in [9.17, 15) is 24.1 Å². The van der Waals surface area contributed by atoms with Crippen molar-refractivity contribution in [1.82, 2.24) is 0 Å². The minimum absolute atomic E-state index is 0.0132. The highest BCUT2D eigenvalue weighted by Gasteiger charge is 2.45. The average Bonchev–Trinajstić information content (AvgIpc) is 2.61. The normalized spacial score (nSPS) is 19.0. The first-order valence-corrected chi connectivity index (χ1v) is 8.34. The molecular formula is C17H19FN4O6. The van der Waals surface area contributed by atoms with E-state index in [0.717, 1.165) is 18.2 Å². The summed E-state index contributed by atoms with van der Waals surface area (Å²) in [5.41, 5.74) is 10.6. The van der Waals surface area contributed by atoms with Crippen LogP contribution in [0.25, 0.3) is 0 Å². The van der Waals surface area contributed by atoms with Gasteiger partial charge in [0.1, 0.15) is 23.4 Å². The van der Waals surface area contributed by atoms with E-state index in [0.29, 0.717) is 0 Å². The summed E-state index contributed by atoms with van der Waals surface area (Å²) in [6, 6.07) is 2.73. The molecule has 0 saturated carbocycles. The summed E-state index contributed by atoms with van der Waals surface area (Å²) in [5.74, 6) is -6.21. The fourth-order valence-corrected chi connectivity index (χ4v) is 2.91. The Balaban J connectivity index is 2.75. The minimum atomic E-state index is -1.41. The molecule has 28 heavy (non-hydrogen) atoms.